The Morgan fingerprint density at radius 3 is 1.36 bits per heavy atom. The molecule has 0 aliphatic heterocycles. The highest BCUT2D eigenvalue weighted by molar-refractivity contribution is 9.09. The number of hydrogen-bond acceptors (Lipinski definition) is 0. The molecule has 0 nitrogen and oxygen atoms in total. The van der Waals surface area contributed by atoms with Crippen molar-refractivity contribution < 1.29 is 0 Å². The molecule has 11 heavy (non-hydrogen) atoms. The minimum atomic E-state index is 1.16. The Morgan fingerprint density at radius 1 is 0.909 bits per heavy atom. The van der Waals surface area contributed by atoms with Gasteiger partial charge in [-0.25, -0.2) is 0 Å². The molecule has 1 aromatic carbocycles. The van der Waals surface area contributed by atoms with E-state index in [1.54, 1.807) is 0 Å². The summed E-state index contributed by atoms with van der Waals surface area (Å²) in [6.07, 6.45) is 2.60. The summed E-state index contributed by atoms with van der Waals surface area (Å²) in [6, 6.07) is 12.0. The summed E-state index contributed by atoms with van der Waals surface area (Å²) in [5.74, 6) is 0. The smallest absolute Gasteiger partial charge is 0.00312 e. The Kier molecular flexibility index (Phi) is 9.44. The van der Waals surface area contributed by atoms with E-state index in [1.165, 1.54) is 12.8 Å². The maximum atomic E-state index is 3.31. The Morgan fingerprint density at radius 2 is 1.27 bits per heavy atom. The van der Waals surface area contributed by atoms with Crippen molar-refractivity contribution in [2.75, 3.05) is 5.33 Å². The number of unbranched alkanes of at least 4 members (excludes halogenated alkanes) is 1. The van der Waals surface area contributed by atoms with E-state index < -0.39 is 0 Å². The van der Waals surface area contributed by atoms with E-state index in [2.05, 4.69) is 22.9 Å². The number of rotatable bonds is 2. The number of hydrogen-bond donors (Lipinski definition) is 0. The lowest BCUT2D eigenvalue weighted by molar-refractivity contribution is 0.902. The minimum absolute atomic E-state index is 1.16. The molecule has 0 fully saturated rings. The second-order valence-corrected chi connectivity index (χ2v) is 2.99. The van der Waals surface area contributed by atoms with Gasteiger partial charge in [-0.15, -0.1) is 0 Å². The van der Waals surface area contributed by atoms with Crippen LogP contribution in [0.2, 0.25) is 0 Å². The molecule has 1 heteroatoms. The molecule has 0 radical (unpaired) electrons. The highest BCUT2D eigenvalue weighted by atomic mass is 79.9. The quantitative estimate of drug-likeness (QED) is 0.657. The van der Waals surface area contributed by atoms with Gasteiger partial charge in [0.2, 0.25) is 0 Å². The van der Waals surface area contributed by atoms with Crippen molar-refractivity contribution in [1.29, 1.82) is 0 Å². The molecule has 0 amide bonds. The van der Waals surface area contributed by atoms with Gasteiger partial charge in [-0.1, -0.05) is 65.7 Å². The van der Waals surface area contributed by atoms with Gasteiger partial charge in [0.05, 0.1) is 0 Å². The number of halogens is 1. The Labute approximate surface area is 77.8 Å². The normalized spacial score (nSPS) is 8.18. The fraction of sp³-hybridized carbons (Fsp3) is 0.400. The standard InChI is InChI=1S/C6H6.C4H9Br/c1-2-4-6-5-3-1;1-2-3-4-5/h1-6H;2-4H2,1H3. The molecule has 0 aliphatic carbocycles. The first kappa shape index (κ1) is 10.7. The van der Waals surface area contributed by atoms with E-state index in [9.17, 15) is 0 Å². The summed E-state index contributed by atoms with van der Waals surface area (Å²) in [7, 11) is 0. The fourth-order valence-electron chi connectivity index (χ4n) is 0.519. The van der Waals surface area contributed by atoms with Crippen LogP contribution in [0.4, 0.5) is 0 Å². The SMILES string of the molecule is CCCCBr.c1ccccc1. The summed E-state index contributed by atoms with van der Waals surface area (Å²) in [6.45, 7) is 2.18. The van der Waals surface area contributed by atoms with Gasteiger partial charge in [-0.2, -0.15) is 0 Å². The zero-order valence-electron chi connectivity index (χ0n) is 6.96. The van der Waals surface area contributed by atoms with E-state index in [0.29, 0.717) is 0 Å². The first-order valence-electron chi connectivity index (χ1n) is 3.97. The third-order valence-corrected chi connectivity index (χ3v) is 1.71. The van der Waals surface area contributed by atoms with Crippen LogP contribution in [0.25, 0.3) is 0 Å². The molecule has 0 unspecified atom stereocenters. The average molecular weight is 215 g/mol. The van der Waals surface area contributed by atoms with Crippen LogP contribution in [0, 0.1) is 0 Å². The third kappa shape index (κ3) is 9.70. The van der Waals surface area contributed by atoms with Gasteiger partial charge in [-0.05, 0) is 6.42 Å². The molecule has 0 aromatic heterocycles. The summed E-state index contributed by atoms with van der Waals surface area (Å²) < 4.78 is 0. The predicted octanol–water partition coefficient (Wildman–Crippen LogP) is 3.87. The van der Waals surface area contributed by atoms with Crippen LogP contribution < -0.4 is 0 Å². The number of alkyl halides is 1. The second kappa shape index (κ2) is 9.70. The lowest BCUT2D eigenvalue weighted by Gasteiger charge is -1.77. The molecule has 0 N–H and O–H groups in total. The fourth-order valence-corrected chi connectivity index (χ4v) is 1.08. The highest BCUT2D eigenvalue weighted by Gasteiger charge is 1.69. The first-order valence-corrected chi connectivity index (χ1v) is 5.10. The lowest BCUT2D eigenvalue weighted by Crippen LogP contribution is -1.64. The summed E-state index contributed by atoms with van der Waals surface area (Å²) in [5, 5.41) is 1.16. The van der Waals surface area contributed by atoms with Gasteiger partial charge < -0.3 is 0 Å². The average Bonchev–Trinajstić information content (AvgIpc) is 2.10. The number of benzene rings is 1. The van der Waals surface area contributed by atoms with E-state index in [4.69, 9.17) is 0 Å². The van der Waals surface area contributed by atoms with E-state index >= 15 is 0 Å². The highest BCUT2D eigenvalue weighted by Crippen LogP contribution is 1.89. The summed E-state index contributed by atoms with van der Waals surface area (Å²) in [4.78, 5) is 0. The minimum Gasteiger partial charge on any atom is -0.0928 e. The van der Waals surface area contributed by atoms with Gasteiger partial charge in [0.25, 0.3) is 0 Å². The van der Waals surface area contributed by atoms with E-state index in [0.717, 1.165) is 5.33 Å². The zero-order valence-corrected chi connectivity index (χ0v) is 8.55. The predicted molar refractivity (Wildman–Crippen MR) is 55.1 cm³/mol. The first-order chi connectivity index (χ1) is 5.41. The summed E-state index contributed by atoms with van der Waals surface area (Å²) >= 11 is 3.31. The van der Waals surface area contributed by atoms with Crippen LogP contribution in [-0.4, -0.2) is 5.33 Å². The maximum Gasteiger partial charge on any atom is 0.00312 e. The molecule has 0 spiro atoms. The van der Waals surface area contributed by atoms with Crippen LogP contribution in [0.1, 0.15) is 19.8 Å². The van der Waals surface area contributed by atoms with Crippen LogP contribution in [0.15, 0.2) is 36.4 Å². The second-order valence-electron chi connectivity index (χ2n) is 2.20. The van der Waals surface area contributed by atoms with Crippen molar-refractivity contribution >= 4 is 15.9 Å². The van der Waals surface area contributed by atoms with Crippen LogP contribution in [0.5, 0.6) is 0 Å². The van der Waals surface area contributed by atoms with E-state index in [-0.39, 0.29) is 0 Å². The lowest BCUT2D eigenvalue weighted by atomic mass is 10.4. The van der Waals surface area contributed by atoms with Crippen LogP contribution in [-0.2, 0) is 0 Å². The Bertz CT molecular complexity index is 108. The topological polar surface area (TPSA) is 0 Å². The molecule has 0 atom stereocenters. The molecule has 0 heterocycles. The Hall–Kier alpha value is -0.300. The van der Waals surface area contributed by atoms with Crippen molar-refractivity contribution in [3.05, 3.63) is 36.4 Å². The largest absolute Gasteiger partial charge is 0.0928 e. The third-order valence-electron chi connectivity index (χ3n) is 1.15. The zero-order chi connectivity index (χ0) is 8.36. The van der Waals surface area contributed by atoms with Gasteiger partial charge in [0, 0.05) is 5.33 Å². The van der Waals surface area contributed by atoms with Crippen molar-refractivity contribution in [3.63, 3.8) is 0 Å². The molecule has 0 bridgehead atoms. The van der Waals surface area contributed by atoms with Gasteiger partial charge in [0.15, 0.2) is 0 Å². The van der Waals surface area contributed by atoms with Gasteiger partial charge in [0.1, 0.15) is 0 Å². The molecular formula is C10H15Br. The van der Waals surface area contributed by atoms with E-state index in [1.807, 2.05) is 36.4 Å². The molecule has 1 aromatic rings. The van der Waals surface area contributed by atoms with Gasteiger partial charge >= 0.3 is 0 Å². The molecule has 0 aliphatic rings. The Balaban J connectivity index is 0.000000187. The van der Waals surface area contributed by atoms with Crippen LogP contribution in [0.3, 0.4) is 0 Å². The van der Waals surface area contributed by atoms with Gasteiger partial charge in [-0.3, -0.25) is 0 Å². The van der Waals surface area contributed by atoms with Crippen molar-refractivity contribution in [2.24, 2.45) is 0 Å². The molecule has 1 rings (SSSR count). The molecule has 62 valence electrons. The monoisotopic (exact) mass is 214 g/mol. The summed E-state index contributed by atoms with van der Waals surface area (Å²) in [5.41, 5.74) is 0. The molecular weight excluding hydrogens is 200 g/mol. The van der Waals surface area contributed by atoms with Crippen LogP contribution >= 0.6 is 15.9 Å². The maximum absolute atomic E-state index is 3.31. The molecule has 0 saturated carbocycles. The van der Waals surface area contributed by atoms with Crippen molar-refractivity contribution in [2.45, 2.75) is 19.8 Å². The van der Waals surface area contributed by atoms with Crippen molar-refractivity contribution in [3.8, 4) is 0 Å². The van der Waals surface area contributed by atoms with Crippen molar-refractivity contribution in [1.82, 2.24) is 0 Å². The molecule has 0 saturated heterocycles.